The number of allylic oxidation sites excluding steroid dienone is 1. The van der Waals surface area contributed by atoms with Crippen LogP contribution in [0.1, 0.15) is 22.3 Å². The molecule has 1 N–H and O–H groups in total. The van der Waals surface area contributed by atoms with Crippen LogP contribution in [0, 0.1) is 10.1 Å². The number of nitrogens with zero attached hydrogens (tertiary/aromatic N) is 1. The average molecular weight is 373 g/mol. The summed E-state index contributed by atoms with van der Waals surface area (Å²) in [5.41, 5.74) is 3.21. The van der Waals surface area contributed by atoms with Crippen molar-refractivity contribution >= 4 is 33.1 Å². The third kappa shape index (κ3) is 3.17. The van der Waals surface area contributed by atoms with Crippen molar-refractivity contribution in [3.63, 3.8) is 0 Å². The van der Waals surface area contributed by atoms with Gasteiger partial charge < -0.3 is 5.32 Å². The highest BCUT2D eigenvalue weighted by Gasteiger charge is 2.21. The maximum Gasteiger partial charge on any atom is 0.270 e. The van der Waals surface area contributed by atoms with Crippen LogP contribution in [0.15, 0.2) is 58.7 Å². The van der Waals surface area contributed by atoms with E-state index in [2.05, 4.69) is 21.2 Å². The monoisotopic (exact) mass is 372 g/mol. The lowest BCUT2D eigenvalue weighted by Crippen LogP contribution is -2.15. The summed E-state index contributed by atoms with van der Waals surface area (Å²) in [5, 5.41) is 13.8. The second-order valence-electron chi connectivity index (χ2n) is 5.22. The van der Waals surface area contributed by atoms with E-state index in [1.54, 1.807) is 12.3 Å². The second-order valence-corrected chi connectivity index (χ2v) is 6.08. The largest absolute Gasteiger partial charge is 0.360 e. The summed E-state index contributed by atoms with van der Waals surface area (Å²) in [6.07, 6.45) is 3.19. The fourth-order valence-corrected chi connectivity index (χ4v) is 3.03. The number of anilines is 1. The van der Waals surface area contributed by atoms with E-state index in [1.807, 2.05) is 24.3 Å². The smallest absolute Gasteiger partial charge is 0.270 e. The number of nitro benzene ring substituents is 1. The lowest BCUT2D eigenvalue weighted by molar-refractivity contribution is -0.384. The number of hydrogen-bond donors (Lipinski definition) is 1. The summed E-state index contributed by atoms with van der Waals surface area (Å²) in [6.45, 7) is 0. The molecule has 0 atom stereocenters. The minimum Gasteiger partial charge on any atom is -0.360 e. The highest BCUT2D eigenvalue weighted by Crippen LogP contribution is 2.29. The number of fused-ring (bicyclic) bond motifs is 1. The standard InChI is InChI=1S/C17H13BrN2O3/c18-15-9-13(20(22)23)7-8-16(15)19-10-12-6-5-11-3-1-2-4-14(11)17(12)21/h1-4,7-10,19H,5-6H2/b12-10+. The van der Waals surface area contributed by atoms with Gasteiger partial charge in [0, 0.05) is 33.9 Å². The average Bonchev–Trinajstić information content (AvgIpc) is 2.55. The Balaban J connectivity index is 1.82. The maximum atomic E-state index is 12.5. The molecule has 0 fully saturated rings. The molecule has 0 saturated carbocycles. The van der Waals surface area contributed by atoms with Gasteiger partial charge in [-0.05, 0) is 40.4 Å². The van der Waals surface area contributed by atoms with E-state index in [-0.39, 0.29) is 11.5 Å². The zero-order chi connectivity index (χ0) is 16.4. The molecule has 0 bridgehead atoms. The number of nitrogens with one attached hydrogen (secondary N) is 1. The molecular formula is C17H13BrN2O3. The van der Waals surface area contributed by atoms with Crippen molar-refractivity contribution in [1.82, 2.24) is 0 Å². The third-order valence-electron chi connectivity index (χ3n) is 3.78. The molecular weight excluding hydrogens is 360 g/mol. The van der Waals surface area contributed by atoms with Crippen LogP contribution in [0.2, 0.25) is 0 Å². The topological polar surface area (TPSA) is 72.2 Å². The summed E-state index contributed by atoms with van der Waals surface area (Å²) < 4.78 is 0.576. The molecule has 2 aromatic carbocycles. The lowest BCUT2D eigenvalue weighted by atomic mass is 9.87. The van der Waals surface area contributed by atoms with Gasteiger partial charge in [0.1, 0.15) is 0 Å². The van der Waals surface area contributed by atoms with Crippen molar-refractivity contribution in [2.24, 2.45) is 0 Å². The van der Waals surface area contributed by atoms with Crippen LogP contribution in [-0.4, -0.2) is 10.7 Å². The molecule has 5 nitrogen and oxygen atoms in total. The van der Waals surface area contributed by atoms with Gasteiger partial charge in [0.2, 0.25) is 0 Å². The van der Waals surface area contributed by atoms with E-state index >= 15 is 0 Å². The molecule has 6 heteroatoms. The fraction of sp³-hybridized carbons (Fsp3) is 0.118. The molecule has 3 rings (SSSR count). The van der Waals surface area contributed by atoms with Crippen LogP contribution in [0.25, 0.3) is 0 Å². The lowest BCUT2D eigenvalue weighted by Gasteiger charge is -2.17. The van der Waals surface area contributed by atoms with Gasteiger partial charge in [0.05, 0.1) is 10.6 Å². The Labute approximate surface area is 141 Å². The zero-order valence-corrected chi connectivity index (χ0v) is 13.7. The molecule has 1 aliphatic carbocycles. The molecule has 2 aromatic rings. The summed E-state index contributed by atoms with van der Waals surface area (Å²) in [5.74, 6) is 0.0254. The predicted octanol–water partition coefficient (Wildman–Crippen LogP) is 4.48. The molecule has 116 valence electrons. The summed E-state index contributed by atoms with van der Waals surface area (Å²) in [4.78, 5) is 22.7. The second kappa shape index (κ2) is 6.34. The van der Waals surface area contributed by atoms with Crippen molar-refractivity contribution in [2.45, 2.75) is 12.8 Å². The Bertz CT molecular complexity index is 830. The summed E-state index contributed by atoms with van der Waals surface area (Å²) in [7, 11) is 0. The number of benzene rings is 2. The summed E-state index contributed by atoms with van der Waals surface area (Å²) in [6, 6.07) is 12.1. The Morgan fingerprint density at radius 3 is 2.70 bits per heavy atom. The van der Waals surface area contributed by atoms with E-state index in [0.29, 0.717) is 22.2 Å². The number of non-ortho nitro benzene ring substituents is 1. The van der Waals surface area contributed by atoms with Gasteiger partial charge in [-0.1, -0.05) is 24.3 Å². The number of hydrogen-bond acceptors (Lipinski definition) is 4. The number of ketones is 1. The highest BCUT2D eigenvalue weighted by molar-refractivity contribution is 9.10. The first-order valence-electron chi connectivity index (χ1n) is 7.08. The molecule has 0 radical (unpaired) electrons. The van der Waals surface area contributed by atoms with Crippen LogP contribution < -0.4 is 5.32 Å². The van der Waals surface area contributed by atoms with Gasteiger partial charge in [-0.15, -0.1) is 0 Å². The van der Waals surface area contributed by atoms with Crippen LogP contribution in [0.3, 0.4) is 0 Å². The minimum absolute atomic E-state index is 0.0118. The Hall–Kier alpha value is -2.47. The number of carbonyl (C=O) groups is 1. The first-order valence-corrected chi connectivity index (χ1v) is 7.87. The Morgan fingerprint density at radius 1 is 1.17 bits per heavy atom. The first-order chi connectivity index (χ1) is 11.1. The molecule has 0 unspecified atom stereocenters. The highest BCUT2D eigenvalue weighted by atomic mass is 79.9. The van der Waals surface area contributed by atoms with Gasteiger partial charge in [-0.3, -0.25) is 14.9 Å². The number of aryl methyl sites for hydroxylation is 1. The predicted molar refractivity (Wildman–Crippen MR) is 91.6 cm³/mol. The fourth-order valence-electron chi connectivity index (χ4n) is 2.55. The molecule has 0 aromatic heterocycles. The first kappa shape index (κ1) is 15.4. The van der Waals surface area contributed by atoms with Gasteiger partial charge in [0.25, 0.3) is 5.69 Å². The van der Waals surface area contributed by atoms with Crippen LogP contribution in [-0.2, 0) is 6.42 Å². The van der Waals surface area contributed by atoms with Gasteiger partial charge >= 0.3 is 0 Å². The maximum absolute atomic E-state index is 12.5. The van der Waals surface area contributed by atoms with Crippen molar-refractivity contribution in [1.29, 1.82) is 0 Å². The van der Waals surface area contributed by atoms with Crippen molar-refractivity contribution in [3.05, 3.63) is 80.0 Å². The summed E-state index contributed by atoms with van der Waals surface area (Å²) >= 11 is 3.30. The number of rotatable bonds is 3. The molecule has 0 saturated heterocycles. The van der Waals surface area contributed by atoms with Crippen molar-refractivity contribution < 1.29 is 9.72 Å². The molecule has 0 amide bonds. The normalized spacial score (nSPS) is 15.3. The van der Waals surface area contributed by atoms with Gasteiger partial charge in [-0.2, -0.15) is 0 Å². The molecule has 23 heavy (non-hydrogen) atoms. The van der Waals surface area contributed by atoms with Crippen LogP contribution in [0.5, 0.6) is 0 Å². The van der Waals surface area contributed by atoms with E-state index in [0.717, 1.165) is 17.5 Å². The Kier molecular flexibility index (Phi) is 4.25. The van der Waals surface area contributed by atoms with Crippen molar-refractivity contribution in [3.8, 4) is 0 Å². The van der Waals surface area contributed by atoms with E-state index in [9.17, 15) is 14.9 Å². The SMILES string of the molecule is O=C1/C(=C/Nc2ccc([N+](=O)[O-])cc2Br)CCc2ccccc21. The van der Waals surface area contributed by atoms with E-state index < -0.39 is 4.92 Å². The van der Waals surface area contributed by atoms with E-state index in [4.69, 9.17) is 0 Å². The molecule has 0 aliphatic heterocycles. The quantitative estimate of drug-likeness (QED) is 0.489. The molecule has 0 heterocycles. The van der Waals surface area contributed by atoms with Gasteiger partial charge in [-0.25, -0.2) is 0 Å². The van der Waals surface area contributed by atoms with Crippen LogP contribution in [0.4, 0.5) is 11.4 Å². The minimum atomic E-state index is -0.450. The number of nitro groups is 1. The van der Waals surface area contributed by atoms with Gasteiger partial charge in [0.15, 0.2) is 5.78 Å². The van der Waals surface area contributed by atoms with Crippen LogP contribution >= 0.6 is 15.9 Å². The number of halogens is 1. The zero-order valence-electron chi connectivity index (χ0n) is 12.1. The Morgan fingerprint density at radius 2 is 1.96 bits per heavy atom. The van der Waals surface area contributed by atoms with Crippen molar-refractivity contribution in [2.75, 3.05) is 5.32 Å². The third-order valence-corrected chi connectivity index (χ3v) is 4.44. The van der Waals surface area contributed by atoms with E-state index in [1.165, 1.54) is 12.1 Å². The molecule has 1 aliphatic rings. The molecule has 0 spiro atoms. The number of Topliss-reactive ketones (excluding diaryl/α,β-unsaturated/α-hetero) is 1. The number of carbonyl (C=O) groups excluding carboxylic acids is 1.